The summed E-state index contributed by atoms with van der Waals surface area (Å²) in [6, 6.07) is 7.49. The second kappa shape index (κ2) is 7.88. The van der Waals surface area contributed by atoms with E-state index in [2.05, 4.69) is 22.4 Å². The number of hydrogen-bond acceptors (Lipinski definition) is 5. The Balaban J connectivity index is 1.71. The summed E-state index contributed by atoms with van der Waals surface area (Å²) in [5, 5.41) is 7.28. The normalized spacial score (nSPS) is 20.8. The number of carbonyl (C=O) groups is 1. The van der Waals surface area contributed by atoms with Gasteiger partial charge in [-0.1, -0.05) is 0 Å². The summed E-state index contributed by atoms with van der Waals surface area (Å²) < 4.78 is 13.0. The molecular weight excluding hydrogens is 332 g/mol. The Morgan fingerprint density at radius 2 is 2.19 bits per heavy atom. The fourth-order valence-corrected chi connectivity index (χ4v) is 3.43. The zero-order valence-electron chi connectivity index (χ0n) is 15.7. The van der Waals surface area contributed by atoms with Crippen LogP contribution in [0.15, 0.2) is 30.5 Å². The highest BCUT2D eigenvalue weighted by Crippen LogP contribution is 2.27. The van der Waals surface area contributed by atoms with Crippen LogP contribution in [0.25, 0.3) is 0 Å². The molecular formula is C19H26N4O3. The highest BCUT2D eigenvalue weighted by Gasteiger charge is 2.33. The van der Waals surface area contributed by atoms with Crippen molar-refractivity contribution in [1.29, 1.82) is 0 Å². The van der Waals surface area contributed by atoms with Crippen molar-refractivity contribution < 1.29 is 14.3 Å². The Bertz CT molecular complexity index is 774. The molecule has 1 fully saturated rings. The number of likely N-dealkylation sites (N-methyl/N-ethyl adjacent to an activating group) is 1. The molecule has 0 radical (unpaired) electrons. The number of amides is 1. The van der Waals surface area contributed by atoms with Gasteiger partial charge in [0.15, 0.2) is 0 Å². The minimum atomic E-state index is -0.133. The number of methoxy groups -OCH3 is 1. The van der Waals surface area contributed by atoms with Gasteiger partial charge in [-0.25, -0.2) is 0 Å². The van der Waals surface area contributed by atoms with Crippen LogP contribution in [0.1, 0.15) is 27.7 Å². The summed E-state index contributed by atoms with van der Waals surface area (Å²) in [7, 11) is 5.61. The Labute approximate surface area is 153 Å². The largest absolute Gasteiger partial charge is 0.497 e. The number of aromatic nitrogens is 2. The SMILES string of the molecule is COc1ccc(C(=O)NC[C@@H]2OCCN(C)[C@H]2c2ccnn2C)c(C)c1. The van der Waals surface area contributed by atoms with E-state index in [1.165, 1.54) is 0 Å². The maximum atomic E-state index is 12.6. The van der Waals surface area contributed by atoms with Gasteiger partial charge in [-0.05, 0) is 43.8 Å². The molecule has 7 nitrogen and oxygen atoms in total. The van der Waals surface area contributed by atoms with Gasteiger partial charge in [-0.3, -0.25) is 14.4 Å². The molecule has 0 unspecified atom stereocenters. The van der Waals surface area contributed by atoms with Crippen molar-refractivity contribution in [3.8, 4) is 5.75 Å². The highest BCUT2D eigenvalue weighted by atomic mass is 16.5. The van der Waals surface area contributed by atoms with Crippen molar-refractivity contribution in [1.82, 2.24) is 20.0 Å². The van der Waals surface area contributed by atoms with Crippen LogP contribution in [0.5, 0.6) is 5.75 Å². The zero-order chi connectivity index (χ0) is 18.7. The molecule has 2 atom stereocenters. The Kier molecular flexibility index (Phi) is 5.58. The van der Waals surface area contributed by atoms with Gasteiger partial charge >= 0.3 is 0 Å². The average Bonchev–Trinajstić information content (AvgIpc) is 3.05. The third-order valence-corrected chi connectivity index (χ3v) is 4.91. The molecule has 1 amide bonds. The van der Waals surface area contributed by atoms with Crippen LogP contribution in [-0.2, 0) is 11.8 Å². The Hall–Kier alpha value is -2.38. The van der Waals surface area contributed by atoms with Crippen molar-refractivity contribution in [2.24, 2.45) is 7.05 Å². The molecule has 26 heavy (non-hydrogen) atoms. The van der Waals surface area contributed by atoms with Crippen molar-refractivity contribution in [2.45, 2.75) is 19.1 Å². The van der Waals surface area contributed by atoms with Crippen molar-refractivity contribution in [3.63, 3.8) is 0 Å². The van der Waals surface area contributed by atoms with Crippen molar-refractivity contribution in [2.75, 3.05) is 33.9 Å². The molecule has 2 heterocycles. The van der Waals surface area contributed by atoms with Crippen LogP contribution < -0.4 is 10.1 Å². The number of morpholine rings is 1. The van der Waals surface area contributed by atoms with Gasteiger partial charge in [0, 0.05) is 31.9 Å². The van der Waals surface area contributed by atoms with E-state index in [1.807, 2.05) is 30.8 Å². The Morgan fingerprint density at radius 3 is 2.85 bits per heavy atom. The van der Waals surface area contributed by atoms with E-state index in [9.17, 15) is 4.79 Å². The third-order valence-electron chi connectivity index (χ3n) is 4.91. The van der Waals surface area contributed by atoms with Crippen LogP contribution in [-0.4, -0.2) is 60.5 Å². The monoisotopic (exact) mass is 358 g/mol. The van der Waals surface area contributed by atoms with Crippen molar-refractivity contribution in [3.05, 3.63) is 47.3 Å². The lowest BCUT2D eigenvalue weighted by Crippen LogP contribution is -2.48. The fraction of sp³-hybridized carbons (Fsp3) is 0.474. The molecule has 1 aromatic heterocycles. The van der Waals surface area contributed by atoms with Crippen LogP contribution in [0.2, 0.25) is 0 Å². The first-order valence-corrected chi connectivity index (χ1v) is 8.74. The summed E-state index contributed by atoms with van der Waals surface area (Å²) in [6.07, 6.45) is 1.65. The zero-order valence-corrected chi connectivity index (χ0v) is 15.7. The number of rotatable bonds is 5. The van der Waals surface area contributed by atoms with E-state index in [-0.39, 0.29) is 18.1 Å². The van der Waals surface area contributed by atoms with Gasteiger partial charge in [-0.15, -0.1) is 0 Å². The first-order valence-electron chi connectivity index (χ1n) is 8.74. The molecule has 7 heteroatoms. The number of carbonyl (C=O) groups excluding carboxylic acids is 1. The molecule has 2 aromatic rings. The van der Waals surface area contributed by atoms with Crippen LogP contribution in [0.4, 0.5) is 0 Å². The van der Waals surface area contributed by atoms with E-state index in [0.717, 1.165) is 23.6 Å². The predicted molar refractivity (Wildman–Crippen MR) is 98.4 cm³/mol. The molecule has 0 spiro atoms. The standard InChI is InChI=1S/C19H26N4O3/c1-13-11-14(25-4)5-6-15(13)19(24)20-12-17-18(22(2)9-10-26-17)16-7-8-21-23(16)3/h5-8,11,17-18H,9-10,12H2,1-4H3,(H,20,24)/t17-,18-/m0/s1. The number of hydrogen-bond donors (Lipinski definition) is 1. The highest BCUT2D eigenvalue weighted by molar-refractivity contribution is 5.95. The quantitative estimate of drug-likeness (QED) is 0.878. The molecule has 140 valence electrons. The van der Waals surface area contributed by atoms with Crippen molar-refractivity contribution >= 4 is 5.91 Å². The van der Waals surface area contributed by atoms with Gasteiger partial charge in [0.25, 0.3) is 5.91 Å². The van der Waals surface area contributed by atoms with E-state index >= 15 is 0 Å². The number of aryl methyl sites for hydroxylation is 2. The summed E-state index contributed by atoms with van der Waals surface area (Å²) in [5.41, 5.74) is 2.60. The summed E-state index contributed by atoms with van der Waals surface area (Å²) in [5.74, 6) is 0.637. The molecule has 1 N–H and O–H groups in total. The molecule has 1 aliphatic heterocycles. The average molecular weight is 358 g/mol. The molecule has 1 aliphatic rings. The number of benzene rings is 1. The minimum Gasteiger partial charge on any atom is -0.497 e. The van der Waals surface area contributed by atoms with E-state index < -0.39 is 0 Å². The van der Waals surface area contributed by atoms with Crippen LogP contribution in [0, 0.1) is 6.92 Å². The van der Waals surface area contributed by atoms with Gasteiger partial charge in [-0.2, -0.15) is 5.10 Å². The summed E-state index contributed by atoms with van der Waals surface area (Å²) in [4.78, 5) is 14.9. The number of nitrogens with zero attached hydrogens (tertiary/aromatic N) is 3. The van der Waals surface area contributed by atoms with Gasteiger partial charge < -0.3 is 14.8 Å². The maximum absolute atomic E-state index is 12.6. The second-order valence-electron chi connectivity index (χ2n) is 6.61. The first kappa shape index (κ1) is 18.4. The lowest BCUT2D eigenvalue weighted by Gasteiger charge is -2.39. The van der Waals surface area contributed by atoms with Gasteiger partial charge in [0.1, 0.15) is 5.75 Å². The summed E-state index contributed by atoms with van der Waals surface area (Å²) in [6.45, 7) is 3.83. The maximum Gasteiger partial charge on any atom is 0.251 e. The van der Waals surface area contributed by atoms with Gasteiger partial charge in [0.2, 0.25) is 0 Å². The lowest BCUT2D eigenvalue weighted by atomic mass is 10.0. The number of ether oxygens (including phenoxy) is 2. The molecule has 3 rings (SSSR count). The van der Waals surface area contributed by atoms with E-state index in [1.54, 1.807) is 25.4 Å². The smallest absolute Gasteiger partial charge is 0.251 e. The fourth-order valence-electron chi connectivity index (χ4n) is 3.43. The molecule has 1 saturated heterocycles. The molecule has 0 bridgehead atoms. The molecule has 1 aromatic carbocycles. The van der Waals surface area contributed by atoms with Gasteiger partial charge in [0.05, 0.1) is 31.6 Å². The predicted octanol–water partition coefficient (Wildman–Crippen LogP) is 1.54. The topological polar surface area (TPSA) is 68.6 Å². The van der Waals surface area contributed by atoms with E-state index in [0.29, 0.717) is 18.7 Å². The van der Waals surface area contributed by atoms with Crippen LogP contribution >= 0.6 is 0 Å². The second-order valence-corrected chi connectivity index (χ2v) is 6.61. The first-order chi connectivity index (χ1) is 12.5. The number of nitrogens with one attached hydrogen (secondary N) is 1. The Morgan fingerprint density at radius 1 is 1.38 bits per heavy atom. The minimum absolute atomic E-state index is 0.0496. The van der Waals surface area contributed by atoms with E-state index in [4.69, 9.17) is 9.47 Å². The lowest BCUT2D eigenvalue weighted by molar-refractivity contribution is -0.0629. The third kappa shape index (κ3) is 3.73. The summed E-state index contributed by atoms with van der Waals surface area (Å²) >= 11 is 0. The molecule has 0 aliphatic carbocycles. The molecule has 0 saturated carbocycles. The van der Waals surface area contributed by atoms with Crippen LogP contribution in [0.3, 0.4) is 0 Å².